The fraction of sp³-hybridized carbons (Fsp3) is 0.269. The molecule has 2 heterocycles. The van der Waals surface area contributed by atoms with Crippen molar-refractivity contribution in [2.24, 2.45) is 0 Å². The lowest BCUT2D eigenvalue weighted by atomic mass is 10.1. The molecule has 0 amide bonds. The van der Waals surface area contributed by atoms with Crippen LogP contribution in [0.3, 0.4) is 0 Å². The van der Waals surface area contributed by atoms with E-state index in [0.717, 1.165) is 27.7 Å². The molecule has 0 radical (unpaired) electrons. The summed E-state index contributed by atoms with van der Waals surface area (Å²) in [5, 5.41) is 12.7. The average molecular weight is 445 g/mol. The predicted octanol–water partition coefficient (Wildman–Crippen LogP) is 4.17. The molecular weight excluding hydrogens is 416 g/mol. The standard InChI is InChI=1S/C26H28N4O3/c1-32-22-11-10-19(15-23(22)33-2)13-20-14-21-25(27-17-20)26(30-24(29-21)9-6-12-31)28-16-18-7-4-3-5-8-18/h3-5,7-8,10-11,14-15,17,31H,6,9,12-13,16H2,1-2H3,(H,28,29,30). The normalized spacial score (nSPS) is 10.9. The number of aryl methyl sites for hydroxylation is 1. The predicted molar refractivity (Wildman–Crippen MR) is 129 cm³/mol. The zero-order chi connectivity index (χ0) is 23.0. The number of aliphatic hydroxyl groups is 1. The number of rotatable bonds is 10. The fourth-order valence-electron chi connectivity index (χ4n) is 3.69. The zero-order valence-corrected chi connectivity index (χ0v) is 18.9. The summed E-state index contributed by atoms with van der Waals surface area (Å²) in [6.07, 6.45) is 3.77. The van der Waals surface area contributed by atoms with Gasteiger partial charge in [-0.15, -0.1) is 0 Å². The number of nitrogens with one attached hydrogen (secondary N) is 1. The molecule has 0 fully saturated rings. The van der Waals surface area contributed by atoms with Gasteiger partial charge < -0.3 is 19.9 Å². The van der Waals surface area contributed by atoms with Crippen molar-refractivity contribution in [2.45, 2.75) is 25.8 Å². The molecule has 0 saturated carbocycles. The highest BCUT2D eigenvalue weighted by molar-refractivity contribution is 5.85. The van der Waals surface area contributed by atoms with Gasteiger partial charge in [-0.2, -0.15) is 0 Å². The van der Waals surface area contributed by atoms with E-state index in [1.165, 1.54) is 0 Å². The van der Waals surface area contributed by atoms with Gasteiger partial charge in [0.15, 0.2) is 17.3 Å². The minimum Gasteiger partial charge on any atom is -0.493 e. The van der Waals surface area contributed by atoms with E-state index in [1.807, 2.05) is 42.6 Å². The summed E-state index contributed by atoms with van der Waals surface area (Å²) in [6.45, 7) is 0.743. The summed E-state index contributed by atoms with van der Waals surface area (Å²) in [7, 11) is 3.26. The highest BCUT2D eigenvalue weighted by atomic mass is 16.5. The number of hydrogen-bond donors (Lipinski definition) is 2. The molecule has 4 rings (SSSR count). The third-order valence-corrected chi connectivity index (χ3v) is 5.36. The summed E-state index contributed by atoms with van der Waals surface area (Å²) >= 11 is 0. The molecule has 2 aromatic carbocycles. The van der Waals surface area contributed by atoms with Crippen LogP contribution in [0.4, 0.5) is 5.82 Å². The molecule has 0 atom stereocenters. The maximum Gasteiger partial charge on any atom is 0.160 e. The molecule has 0 spiro atoms. The smallest absolute Gasteiger partial charge is 0.160 e. The molecule has 0 unspecified atom stereocenters. The van der Waals surface area contributed by atoms with E-state index < -0.39 is 0 Å². The van der Waals surface area contributed by atoms with Crippen LogP contribution in [0.2, 0.25) is 0 Å². The Bertz CT molecular complexity index is 1220. The molecule has 170 valence electrons. The molecule has 0 saturated heterocycles. The van der Waals surface area contributed by atoms with Crippen LogP contribution in [-0.4, -0.2) is 40.9 Å². The molecule has 0 aliphatic heterocycles. The quantitative estimate of drug-likeness (QED) is 0.379. The third-order valence-electron chi connectivity index (χ3n) is 5.36. The van der Waals surface area contributed by atoms with Crippen LogP contribution in [0.25, 0.3) is 11.0 Å². The van der Waals surface area contributed by atoms with Gasteiger partial charge in [0, 0.05) is 25.8 Å². The Hall–Kier alpha value is -3.71. The molecule has 4 aromatic rings. The molecular formula is C26H28N4O3. The van der Waals surface area contributed by atoms with E-state index >= 15 is 0 Å². The van der Waals surface area contributed by atoms with Crippen molar-refractivity contribution in [3.63, 3.8) is 0 Å². The largest absolute Gasteiger partial charge is 0.493 e. The van der Waals surface area contributed by atoms with Crippen LogP contribution < -0.4 is 14.8 Å². The lowest BCUT2D eigenvalue weighted by molar-refractivity contribution is 0.287. The highest BCUT2D eigenvalue weighted by Gasteiger charge is 2.12. The number of fused-ring (bicyclic) bond motifs is 1. The van der Waals surface area contributed by atoms with E-state index in [9.17, 15) is 5.11 Å². The van der Waals surface area contributed by atoms with Crippen LogP contribution in [0.1, 0.15) is 28.9 Å². The lowest BCUT2D eigenvalue weighted by Gasteiger charge is -2.12. The first kappa shape index (κ1) is 22.5. The highest BCUT2D eigenvalue weighted by Crippen LogP contribution is 2.29. The number of anilines is 1. The van der Waals surface area contributed by atoms with E-state index in [-0.39, 0.29) is 6.61 Å². The fourth-order valence-corrected chi connectivity index (χ4v) is 3.69. The third kappa shape index (κ3) is 5.56. The van der Waals surface area contributed by atoms with Crippen molar-refractivity contribution in [3.8, 4) is 11.5 Å². The minimum atomic E-state index is 0.103. The molecule has 2 N–H and O–H groups in total. The van der Waals surface area contributed by atoms with E-state index in [0.29, 0.717) is 48.9 Å². The minimum absolute atomic E-state index is 0.103. The summed E-state index contributed by atoms with van der Waals surface area (Å²) in [5.41, 5.74) is 4.80. The zero-order valence-electron chi connectivity index (χ0n) is 18.9. The Kier molecular flexibility index (Phi) is 7.32. The van der Waals surface area contributed by atoms with Gasteiger partial charge in [0.05, 0.1) is 19.7 Å². The topological polar surface area (TPSA) is 89.4 Å². The van der Waals surface area contributed by atoms with Gasteiger partial charge in [-0.25, -0.2) is 9.97 Å². The van der Waals surface area contributed by atoms with Gasteiger partial charge in [0.2, 0.25) is 0 Å². The molecule has 0 bridgehead atoms. The van der Waals surface area contributed by atoms with Gasteiger partial charge in [0.25, 0.3) is 0 Å². The van der Waals surface area contributed by atoms with Crippen molar-refractivity contribution < 1.29 is 14.6 Å². The maximum atomic E-state index is 9.25. The second kappa shape index (κ2) is 10.7. The van der Waals surface area contributed by atoms with Crippen LogP contribution >= 0.6 is 0 Å². The number of hydrogen-bond acceptors (Lipinski definition) is 7. The molecule has 7 heteroatoms. The number of nitrogens with zero attached hydrogens (tertiary/aromatic N) is 3. The van der Waals surface area contributed by atoms with Crippen molar-refractivity contribution in [3.05, 3.63) is 83.3 Å². The van der Waals surface area contributed by atoms with E-state index in [4.69, 9.17) is 19.4 Å². The van der Waals surface area contributed by atoms with Crippen molar-refractivity contribution in [1.82, 2.24) is 15.0 Å². The molecule has 33 heavy (non-hydrogen) atoms. The SMILES string of the molecule is COc1ccc(Cc2cnc3c(NCc4ccccc4)nc(CCCO)nc3c2)cc1OC. The van der Waals surface area contributed by atoms with Crippen LogP contribution in [-0.2, 0) is 19.4 Å². The summed E-state index contributed by atoms with van der Waals surface area (Å²) < 4.78 is 10.8. The summed E-state index contributed by atoms with van der Waals surface area (Å²) in [4.78, 5) is 14.1. The van der Waals surface area contributed by atoms with Gasteiger partial charge in [-0.05, 0) is 47.7 Å². The molecule has 7 nitrogen and oxygen atoms in total. The first-order chi connectivity index (χ1) is 16.2. The number of pyridine rings is 1. The van der Waals surface area contributed by atoms with Gasteiger partial charge >= 0.3 is 0 Å². The van der Waals surface area contributed by atoms with E-state index in [1.54, 1.807) is 14.2 Å². The van der Waals surface area contributed by atoms with Gasteiger partial charge in [-0.3, -0.25) is 4.98 Å². The number of methoxy groups -OCH3 is 2. The summed E-state index contributed by atoms with van der Waals surface area (Å²) in [6, 6.07) is 18.1. The molecule has 0 aliphatic carbocycles. The Labute approximate surface area is 193 Å². The Morgan fingerprint density at radius 1 is 0.879 bits per heavy atom. The molecule has 0 aliphatic rings. The van der Waals surface area contributed by atoms with Gasteiger partial charge in [-0.1, -0.05) is 36.4 Å². The van der Waals surface area contributed by atoms with Crippen molar-refractivity contribution in [2.75, 3.05) is 26.1 Å². The average Bonchev–Trinajstić information content (AvgIpc) is 2.86. The second-order valence-corrected chi connectivity index (χ2v) is 7.73. The molecule has 2 aromatic heterocycles. The van der Waals surface area contributed by atoms with Crippen LogP contribution in [0, 0.1) is 0 Å². The van der Waals surface area contributed by atoms with Crippen LogP contribution in [0.5, 0.6) is 11.5 Å². The van der Waals surface area contributed by atoms with Crippen molar-refractivity contribution in [1.29, 1.82) is 0 Å². The maximum absolute atomic E-state index is 9.25. The van der Waals surface area contributed by atoms with E-state index in [2.05, 4.69) is 28.5 Å². The monoisotopic (exact) mass is 444 g/mol. The number of aliphatic hydroxyl groups excluding tert-OH is 1. The Morgan fingerprint density at radius 2 is 1.70 bits per heavy atom. The number of ether oxygens (including phenoxy) is 2. The first-order valence-electron chi connectivity index (χ1n) is 10.9. The second-order valence-electron chi connectivity index (χ2n) is 7.73. The van der Waals surface area contributed by atoms with Gasteiger partial charge in [0.1, 0.15) is 11.3 Å². The Morgan fingerprint density at radius 3 is 2.45 bits per heavy atom. The lowest BCUT2D eigenvalue weighted by Crippen LogP contribution is -2.07. The Balaban J connectivity index is 1.63. The van der Waals surface area contributed by atoms with Crippen LogP contribution in [0.15, 0.2) is 60.8 Å². The first-order valence-corrected chi connectivity index (χ1v) is 10.9. The number of benzene rings is 2. The summed E-state index contributed by atoms with van der Waals surface area (Å²) in [5.74, 6) is 2.80. The number of aromatic nitrogens is 3. The van der Waals surface area contributed by atoms with Crippen molar-refractivity contribution >= 4 is 16.9 Å².